The van der Waals surface area contributed by atoms with E-state index in [0.29, 0.717) is 5.70 Å². The number of nitrogens with zero attached hydrogens (tertiary/aromatic N) is 1. The number of carbonyl (C=O) groups excluding carboxylic acids is 2. The minimum Gasteiger partial charge on any atom is -0.461 e. The molecular formula is C15H18N2O3. The Balaban J connectivity index is 2.44. The van der Waals surface area contributed by atoms with Crippen LogP contribution in [0.3, 0.4) is 0 Å². The topological polar surface area (TPSA) is 58.6 Å². The molecule has 0 aromatic heterocycles. The van der Waals surface area contributed by atoms with E-state index in [1.54, 1.807) is 14.0 Å². The maximum absolute atomic E-state index is 12.0. The first kappa shape index (κ1) is 14.1. The third kappa shape index (κ3) is 2.52. The molecule has 20 heavy (non-hydrogen) atoms. The highest BCUT2D eigenvalue weighted by atomic mass is 16.5. The summed E-state index contributed by atoms with van der Waals surface area (Å²) in [7, 11) is 1.56. The summed E-state index contributed by atoms with van der Waals surface area (Å²) in [5, 5.41) is 2.88. The number of nitrogens with one attached hydrogen (secondary N) is 1. The summed E-state index contributed by atoms with van der Waals surface area (Å²) >= 11 is 0. The van der Waals surface area contributed by atoms with Crippen molar-refractivity contribution in [3.63, 3.8) is 0 Å². The van der Waals surface area contributed by atoms with E-state index in [1.165, 1.54) is 4.90 Å². The Morgan fingerprint density at radius 3 is 2.60 bits per heavy atom. The zero-order chi connectivity index (χ0) is 14.7. The Morgan fingerprint density at radius 1 is 1.35 bits per heavy atom. The average Bonchev–Trinajstić information content (AvgIpc) is 2.44. The predicted molar refractivity (Wildman–Crippen MR) is 74.8 cm³/mol. The lowest BCUT2D eigenvalue weighted by Gasteiger charge is -2.33. The van der Waals surface area contributed by atoms with E-state index in [9.17, 15) is 9.59 Å². The molecule has 2 rings (SSSR count). The molecule has 1 aliphatic rings. The third-order valence-corrected chi connectivity index (χ3v) is 3.32. The number of amides is 2. The van der Waals surface area contributed by atoms with Gasteiger partial charge in [-0.1, -0.05) is 30.3 Å². The van der Waals surface area contributed by atoms with Crippen LogP contribution in [0.25, 0.3) is 0 Å². The highest BCUT2D eigenvalue weighted by molar-refractivity contribution is 5.95. The van der Waals surface area contributed by atoms with Crippen LogP contribution in [0.15, 0.2) is 41.6 Å². The molecule has 0 saturated heterocycles. The number of rotatable bonds is 3. The summed E-state index contributed by atoms with van der Waals surface area (Å²) in [6, 6.07) is 8.93. The van der Waals surface area contributed by atoms with Gasteiger partial charge in [0.1, 0.15) is 5.70 Å². The molecule has 1 aromatic carbocycles. The molecular weight excluding hydrogens is 256 g/mol. The fourth-order valence-electron chi connectivity index (χ4n) is 2.31. The van der Waals surface area contributed by atoms with Crippen molar-refractivity contribution in [1.29, 1.82) is 0 Å². The third-order valence-electron chi connectivity index (χ3n) is 3.32. The number of likely N-dealkylation sites (N-methyl/N-ethyl adjacent to an activating group) is 1. The fraction of sp³-hybridized carbons (Fsp3) is 0.333. The minimum atomic E-state index is -0.469. The Morgan fingerprint density at radius 2 is 2.00 bits per heavy atom. The van der Waals surface area contributed by atoms with Gasteiger partial charge in [0.25, 0.3) is 0 Å². The van der Waals surface area contributed by atoms with E-state index in [4.69, 9.17) is 4.74 Å². The molecule has 0 aliphatic carbocycles. The molecule has 0 bridgehead atoms. The van der Waals surface area contributed by atoms with Crippen molar-refractivity contribution in [1.82, 2.24) is 10.2 Å². The number of hydrogen-bond acceptors (Lipinski definition) is 3. The van der Waals surface area contributed by atoms with Crippen molar-refractivity contribution in [3.05, 3.63) is 47.2 Å². The maximum atomic E-state index is 12.0. The molecule has 0 spiro atoms. The van der Waals surface area contributed by atoms with Gasteiger partial charge in [-0.2, -0.15) is 0 Å². The molecule has 1 aromatic rings. The van der Waals surface area contributed by atoms with E-state index >= 15 is 0 Å². The van der Waals surface area contributed by atoms with Gasteiger partial charge < -0.3 is 10.1 Å². The van der Waals surface area contributed by atoms with Crippen molar-refractivity contribution in [3.8, 4) is 0 Å². The van der Waals surface area contributed by atoms with Crippen LogP contribution in [0.4, 0.5) is 4.79 Å². The van der Waals surface area contributed by atoms with E-state index in [-0.39, 0.29) is 18.7 Å². The van der Waals surface area contributed by atoms with Gasteiger partial charge >= 0.3 is 12.0 Å². The SMILES string of the molecule is CCOC(=O)C1=C(C)C(c2ccccc2)NC(=O)N1C. The van der Waals surface area contributed by atoms with Crippen molar-refractivity contribution >= 4 is 12.0 Å². The van der Waals surface area contributed by atoms with E-state index in [2.05, 4.69) is 5.32 Å². The van der Waals surface area contributed by atoms with Crippen LogP contribution < -0.4 is 5.32 Å². The Hall–Kier alpha value is -2.30. The average molecular weight is 274 g/mol. The molecule has 0 fully saturated rings. The quantitative estimate of drug-likeness (QED) is 0.860. The molecule has 5 heteroatoms. The largest absolute Gasteiger partial charge is 0.461 e. The number of hydrogen-bond donors (Lipinski definition) is 1. The smallest absolute Gasteiger partial charge is 0.355 e. The normalized spacial score (nSPS) is 18.9. The van der Waals surface area contributed by atoms with E-state index in [1.807, 2.05) is 37.3 Å². The number of urea groups is 1. The first-order valence-electron chi connectivity index (χ1n) is 6.53. The Bertz CT molecular complexity index is 551. The molecule has 0 saturated carbocycles. The van der Waals surface area contributed by atoms with Gasteiger partial charge in [0.2, 0.25) is 0 Å². The summed E-state index contributed by atoms with van der Waals surface area (Å²) in [6.45, 7) is 3.85. The highest BCUT2D eigenvalue weighted by Crippen LogP contribution is 2.29. The summed E-state index contributed by atoms with van der Waals surface area (Å²) in [5.41, 5.74) is 2.02. The fourth-order valence-corrected chi connectivity index (χ4v) is 2.31. The van der Waals surface area contributed by atoms with Crippen LogP contribution in [-0.4, -0.2) is 30.6 Å². The molecule has 1 heterocycles. The van der Waals surface area contributed by atoms with Gasteiger partial charge in [-0.3, -0.25) is 4.90 Å². The van der Waals surface area contributed by atoms with Crippen LogP contribution >= 0.6 is 0 Å². The molecule has 1 unspecified atom stereocenters. The highest BCUT2D eigenvalue weighted by Gasteiger charge is 2.33. The lowest BCUT2D eigenvalue weighted by atomic mass is 9.96. The lowest BCUT2D eigenvalue weighted by Crippen LogP contribution is -2.46. The first-order chi connectivity index (χ1) is 9.56. The molecule has 1 atom stereocenters. The van der Waals surface area contributed by atoms with Crippen LogP contribution in [-0.2, 0) is 9.53 Å². The summed E-state index contributed by atoms with van der Waals surface area (Å²) in [6.07, 6.45) is 0. The van der Waals surface area contributed by atoms with Crippen molar-refractivity contribution in [2.24, 2.45) is 0 Å². The monoisotopic (exact) mass is 274 g/mol. The lowest BCUT2D eigenvalue weighted by molar-refractivity contribution is -0.140. The first-order valence-corrected chi connectivity index (χ1v) is 6.53. The standard InChI is InChI=1S/C15H18N2O3/c1-4-20-14(18)13-10(2)12(16-15(19)17(13)3)11-8-6-5-7-9-11/h5-9,12H,4H2,1-3H3,(H,16,19). The summed E-state index contributed by atoms with van der Waals surface area (Å²) in [4.78, 5) is 25.4. The van der Waals surface area contributed by atoms with Crippen molar-refractivity contribution in [2.75, 3.05) is 13.7 Å². The summed E-state index contributed by atoms with van der Waals surface area (Å²) in [5.74, 6) is -0.469. The van der Waals surface area contributed by atoms with Crippen molar-refractivity contribution < 1.29 is 14.3 Å². The van der Waals surface area contributed by atoms with Crippen LogP contribution in [0.1, 0.15) is 25.5 Å². The van der Waals surface area contributed by atoms with Crippen molar-refractivity contribution in [2.45, 2.75) is 19.9 Å². The number of benzene rings is 1. The van der Waals surface area contributed by atoms with Crippen LogP contribution in [0.5, 0.6) is 0 Å². The van der Waals surface area contributed by atoms with Gasteiger partial charge in [0, 0.05) is 7.05 Å². The second kappa shape index (κ2) is 5.77. The van der Waals surface area contributed by atoms with Gasteiger partial charge in [0.15, 0.2) is 0 Å². The zero-order valence-corrected chi connectivity index (χ0v) is 11.8. The van der Waals surface area contributed by atoms with Gasteiger partial charge in [-0.25, -0.2) is 9.59 Å². The minimum absolute atomic E-state index is 0.279. The van der Waals surface area contributed by atoms with Gasteiger partial charge in [-0.05, 0) is 25.0 Å². The van der Waals surface area contributed by atoms with Gasteiger partial charge in [0.05, 0.1) is 12.6 Å². The maximum Gasteiger partial charge on any atom is 0.355 e. The Labute approximate surface area is 118 Å². The van der Waals surface area contributed by atoms with E-state index < -0.39 is 5.97 Å². The predicted octanol–water partition coefficient (Wildman–Crippen LogP) is 2.22. The van der Waals surface area contributed by atoms with E-state index in [0.717, 1.165) is 11.1 Å². The van der Waals surface area contributed by atoms with Crippen LogP contribution in [0.2, 0.25) is 0 Å². The molecule has 1 aliphatic heterocycles. The molecule has 0 radical (unpaired) electrons. The number of carbonyl (C=O) groups is 2. The molecule has 106 valence electrons. The summed E-state index contributed by atoms with van der Waals surface area (Å²) < 4.78 is 5.04. The van der Waals surface area contributed by atoms with Crippen LogP contribution in [0, 0.1) is 0 Å². The Kier molecular flexibility index (Phi) is 4.08. The second-order valence-electron chi connectivity index (χ2n) is 4.60. The zero-order valence-electron chi connectivity index (χ0n) is 11.8. The number of esters is 1. The second-order valence-corrected chi connectivity index (χ2v) is 4.60. The van der Waals surface area contributed by atoms with Gasteiger partial charge in [-0.15, -0.1) is 0 Å². The molecule has 5 nitrogen and oxygen atoms in total. The molecule has 2 amide bonds. The molecule has 1 N–H and O–H groups in total. The number of ether oxygens (including phenoxy) is 1.